The van der Waals surface area contributed by atoms with Crippen LogP contribution in [-0.4, -0.2) is 31.9 Å². The summed E-state index contributed by atoms with van der Waals surface area (Å²) in [4.78, 5) is -0.00287. The van der Waals surface area contributed by atoms with E-state index in [-0.39, 0.29) is 16.9 Å². The molecule has 0 radical (unpaired) electrons. The Hall–Kier alpha value is -0.980. The van der Waals surface area contributed by atoms with E-state index >= 15 is 0 Å². The maximum Gasteiger partial charge on any atom is 0.243 e. The van der Waals surface area contributed by atoms with Crippen LogP contribution in [0.1, 0.15) is 18.9 Å². The lowest BCUT2D eigenvalue weighted by atomic mass is 9.99. The summed E-state index contributed by atoms with van der Waals surface area (Å²) in [6.45, 7) is 4.30. The molecule has 0 saturated carbocycles. The Bertz CT molecular complexity index is 564. The first-order chi connectivity index (χ1) is 8.80. The average Bonchev–Trinajstić information content (AvgIpc) is 2.31. The fraction of sp³-hybridized carbons (Fsp3) is 0.538. The van der Waals surface area contributed by atoms with Crippen molar-refractivity contribution < 1.29 is 12.8 Å². The minimum atomic E-state index is -3.65. The summed E-state index contributed by atoms with van der Waals surface area (Å²) < 4.78 is 39.8. The molecule has 106 valence electrons. The highest BCUT2D eigenvalue weighted by atomic mass is 32.2. The Morgan fingerprint density at radius 1 is 1.37 bits per heavy atom. The third kappa shape index (κ3) is 2.96. The van der Waals surface area contributed by atoms with E-state index in [4.69, 9.17) is 5.73 Å². The van der Waals surface area contributed by atoms with Crippen LogP contribution >= 0.6 is 0 Å². The molecule has 0 spiro atoms. The molecule has 1 saturated heterocycles. The topological polar surface area (TPSA) is 63.4 Å². The predicted octanol–water partition coefficient (Wildman–Crippen LogP) is 1.49. The third-order valence-electron chi connectivity index (χ3n) is 3.44. The number of piperidine rings is 1. The molecule has 1 aliphatic heterocycles. The highest BCUT2D eigenvalue weighted by Crippen LogP contribution is 2.24. The zero-order chi connectivity index (χ0) is 14.2. The molecule has 0 bridgehead atoms. The Labute approximate surface area is 113 Å². The third-order valence-corrected chi connectivity index (χ3v) is 5.27. The van der Waals surface area contributed by atoms with E-state index < -0.39 is 15.8 Å². The molecule has 1 fully saturated rings. The van der Waals surface area contributed by atoms with Gasteiger partial charge in [-0.2, -0.15) is 4.31 Å². The fourth-order valence-electron chi connectivity index (χ4n) is 2.43. The van der Waals surface area contributed by atoms with Crippen LogP contribution in [0.25, 0.3) is 0 Å². The van der Waals surface area contributed by atoms with Crippen molar-refractivity contribution in [2.75, 3.05) is 13.1 Å². The molecule has 0 aliphatic carbocycles. The number of rotatable bonds is 2. The summed E-state index contributed by atoms with van der Waals surface area (Å²) in [6.07, 6.45) is 0.814. The molecule has 6 heteroatoms. The molecular formula is C13H19FN2O2S. The number of halogens is 1. The van der Waals surface area contributed by atoms with Gasteiger partial charge in [0, 0.05) is 19.1 Å². The Morgan fingerprint density at radius 2 is 2.05 bits per heavy atom. The molecule has 1 aromatic carbocycles. The second kappa shape index (κ2) is 5.19. The van der Waals surface area contributed by atoms with E-state index in [1.54, 1.807) is 6.92 Å². The van der Waals surface area contributed by atoms with Gasteiger partial charge in [0.1, 0.15) is 5.82 Å². The summed E-state index contributed by atoms with van der Waals surface area (Å²) >= 11 is 0. The summed E-state index contributed by atoms with van der Waals surface area (Å²) in [5.41, 5.74) is 6.30. The van der Waals surface area contributed by atoms with Gasteiger partial charge >= 0.3 is 0 Å². The molecule has 19 heavy (non-hydrogen) atoms. The van der Waals surface area contributed by atoms with Crippen molar-refractivity contribution in [1.29, 1.82) is 0 Å². The van der Waals surface area contributed by atoms with Crippen molar-refractivity contribution in [3.8, 4) is 0 Å². The molecule has 1 heterocycles. The van der Waals surface area contributed by atoms with E-state index in [1.165, 1.54) is 16.4 Å². The molecule has 2 rings (SSSR count). The van der Waals surface area contributed by atoms with Gasteiger partial charge in [-0.15, -0.1) is 0 Å². The molecule has 2 N–H and O–H groups in total. The number of aryl methyl sites for hydroxylation is 1. The first-order valence-electron chi connectivity index (χ1n) is 6.32. The van der Waals surface area contributed by atoms with E-state index in [9.17, 15) is 12.8 Å². The SMILES string of the molecule is Cc1ccc(S(=O)(=O)N2CC(C)CC(N)C2)cc1F. The van der Waals surface area contributed by atoms with Crippen LogP contribution in [0.4, 0.5) is 4.39 Å². The van der Waals surface area contributed by atoms with E-state index in [1.807, 2.05) is 6.92 Å². The van der Waals surface area contributed by atoms with Crippen LogP contribution < -0.4 is 5.73 Å². The standard InChI is InChI=1S/C13H19FN2O2S/c1-9-5-11(15)8-16(7-9)19(17,18)12-4-3-10(2)13(14)6-12/h3-4,6,9,11H,5,7-8,15H2,1-2H3. The minimum Gasteiger partial charge on any atom is -0.326 e. The first kappa shape index (κ1) is 14.4. The van der Waals surface area contributed by atoms with Crippen molar-refractivity contribution in [1.82, 2.24) is 4.31 Å². The van der Waals surface area contributed by atoms with Crippen LogP contribution in [0.5, 0.6) is 0 Å². The van der Waals surface area contributed by atoms with Crippen LogP contribution in [0.2, 0.25) is 0 Å². The summed E-state index contributed by atoms with van der Waals surface area (Å²) in [5.74, 6) is -0.288. The minimum absolute atomic E-state index is 0.00287. The van der Waals surface area contributed by atoms with Gasteiger partial charge in [0.05, 0.1) is 4.90 Å². The van der Waals surface area contributed by atoms with Crippen molar-refractivity contribution in [3.63, 3.8) is 0 Å². The van der Waals surface area contributed by atoms with Crippen molar-refractivity contribution in [2.45, 2.75) is 31.2 Å². The van der Waals surface area contributed by atoms with E-state index in [0.29, 0.717) is 18.7 Å². The van der Waals surface area contributed by atoms with Crippen LogP contribution in [0, 0.1) is 18.7 Å². The number of hydrogen-bond donors (Lipinski definition) is 1. The summed E-state index contributed by atoms with van der Waals surface area (Å²) in [7, 11) is -3.65. The van der Waals surface area contributed by atoms with Gasteiger partial charge in [0.25, 0.3) is 0 Å². The smallest absolute Gasteiger partial charge is 0.243 e. The van der Waals surface area contributed by atoms with Gasteiger partial charge < -0.3 is 5.73 Å². The number of nitrogens with two attached hydrogens (primary N) is 1. The number of sulfonamides is 1. The normalized spacial score (nSPS) is 25.5. The highest BCUT2D eigenvalue weighted by Gasteiger charge is 2.32. The molecule has 1 aromatic rings. The maximum atomic E-state index is 13.5. The average molecular weight is 286 g/mol. The molecule has 4 nitrogen and oxygen atoms in total. The van der Waals surface area contributed by atoms with Crippen molar-refractivity contribution in [2.24, 2.45) is 11.7 Å². The van der Waals surface area contributed by atoms with Gasteiger partial charge in [-0.05, 0) is 37.0 Å². The van der Waals surface area contributed by atoms with Crippen LogP contribution in [-0.2, 0) is 10.0 Å². The van der Waals surface area contributed by atoms with Gasteiger partial charge in [-0.3, -0.25) is 0 Å². The van der Waals surface area contributed by atoms with Gasteiger partial charge in [0.15, 0.2) is 0 Å². The Kier molecular flexibility index (Phi) is 3.94. The lowest BCUT2D eigenvalue weighted by Crippen LogP contribution is -2.48. The van der Waals surface area contributed by atoms with Crippen LogP contribution in [0.15, 0.2) is 23.1 Å². The zero-order valence-corrected chi connectivity index (χ0v) is 12.0. The lowest BCUT2D eigenvalue weighted by Gasteiger charge is -2.33. The van der Waals surface area contributed by atoms with Crippen molar-refractivity contribution in [3.05, 3.63) is 29.6 Å². The highest BCUT2D eigenvalue weighted by molar-refractivity contribution is 7.89. The Balaban J connectivity index is 2.33. The zero-order valence-electron chi connectivity index (χ0n) is 11.1. The molecule has 0 aromatic heterocycles. The monoisotopic (exact) mass is 286 g/mol. The summed E-state index contributed by atoms with van der Waals surface area (Å²) in [6, 6.07) is 3.84. The van der Waals surface area contributed by atoms with Gasteiger partial charge in [0.2, 0.25) is 10.0 Å². The molecule has 2 unspecified atom stereocenters. The summed E-state index contributed by atoms with van der Waals surface area (Å²) in [5, 5.41) is 0. The number of nitrogens with zero attached hydrogens (tertiary/aromatic N) is 1. The molecule has 1 aliphatic rings. The van der Waals surface area contributed by atoms with Gasteiger partial charge in [-0.25, -0.2) is 12.8 Å². The number of benzene rings is 1. The molecule has 2 atom stereocenters. The quantitative estimate of drug-likeness (QED) is 0.896. The second-order valence-corrected chi connectivity index (χ2v) is 7.27. The second-order valence-electron chi connectivity index (χ2n) is 5.33. The van der Waals surface area contributed by atoms with Crippen molar-refractivity contribution >= 4 is 10.0 Å². The molecular weight excluding hydrogens is 267 g/mol. The number of hydrogen-bond acceptors (Lipinski definition) is 3. The largest absolute Gasteiger partial charge is 0.326 e. The maximum absolute atomic E-state index is 13.5. The van der Waals surface area contributed by atoms with Gasteiger partial charge in [-0.1, -0.05) is 13.0 Å². The lowest BCUT2D eigenvalue weighted by molar-refractivity contribution is 0.254. The Morgan fingerprint density at radius 3 is 2.63 bits per heavy atom. The predicted molar refractivity (Wildman–Crippen MR) is 71.7 cm³/mol. The van der Waals surface area contributed by atoms with Crippen LogP contribution in [0.3, 0.4) is 0 Å². The van der Waals surface area contributed by atoms with E-state index in [2.05, 4.69) is 0 Å². The molecule has 0 amide bonds. The fourth-order valence-corrected chi connectivity index (χ4v) is 4.06. The first-order valence-corrected chi connectivity index (χ1v) is 7.76. The van der Waals surface area contributed by atoms with E-state index in [0.717, 1.165) is 12.5 Å².